The molecule has 0 amide bonds. The average molecular weight is 471 g/mol. The molecule has 1 aromatic carbocycles. The minimum Gasteiger partial charge on any atom is -0.368 e. The van der Waals surface area contributed by atoms with E-state index in [1.165, 1.54) is 34.2 Å². The Kier molecular flexibility index (Phi) is 4.79. The number of rotatable bonds is 4. The number of nitrogens with two attached hydrogens (primary N) is 1. The van der Waals surface area contributed by atoms with Gasteiger partial charge in [0.15, 0.2) is 16.4 Å². The SMILES string of the molecule is Cc1csc2nc(C(C)Nc3nc(N)nc4[nH]cnc34)c(-c3cc(F)cc(Cl)c3)c(=O)n12. The standard InChI is InChI=1S/C20H16ClFN8OS/c1-8-6-32-20-27-14(9(2)26-17-15-16(25-7-24-15)28-19(23)29-17)13(18(31)30(8)20)10-3-11(21)5-12(22)4-10/h3-7,9H,1-2H3,(H4,23,24,25,26,28,29). The van der Waals surface area contributed by atoms with E-state index in [9.17, 15) is 9.18 Å². The van der Waals surface area contributed by atoms with E-state index in [0.29, 0.717) is 33.2 Å². The Hall–Kier alpha value is -3.57. The molecule has 4 aromatic heterocycles. The normalized spacial score (nSPS) is 12.5. The van der Waals surface area contributed by atoms with Crippen molar-refractivity contribution in [3.05, 3.63) is 62.5 Å². The molecule has 12 heteroatoms. The summed E-state index contributed by atoms with van der Waals surface area (Å²) in [7, 11) is 0. The third-order valence-corrected chi connectivity index (χ3v) is 6.14. The maximum atomic E-state index is 14.2. The predicted octanol–water partition coefficient (Wildman–Crippen LogP) is 3.95. The number of H-pyrrole nitrogens is 1. The molecule has 0 aliphatic rings. The zero-order chi connectivity index (χ0) is 22.6. The summed E-state index contributed by atoms with van der Waals surface area (Å²) in [6, 6.07) is 3.48. The van der Waals surface area contributed by atoms with Crippen molar-refractivity contribution < 1.29 is 4.39 Å². The fourth-order valence-electron chi connectivity index (χ4n) is 3.61. The van der Waals surface area contributed by atoms with Crippen LogP contribution >= 0.6 is 22.9 Å². The van der Waals surface area contributed by atoms with Crippen LogP contribution in [0, 0.1) is 12.7 Å². The maximum absolute atomic E-state index is 14.2. The molecule has 0 aliphatic heterocycles. The van der Waals surface area contributed by atoms with Gasteiger partial charge in [-0.05, 0) is 37.6 Å². The predicted molar refractivity (Wildman–Crippen MR) is 123 cm³/mol. The molecule has 162 valence electrons. The van der Waals surface area contributed by atoms with Gasteiger partial charge in [0.2, 0.25) is 5.95 Å². The number of hydrogen-bond acceptors (Lipinski definition) is 8. The molecular formula is C20H16ClFN8OS. The number of aryl methyl sites for hydroxylation is 1. The molecule has 1 unspecified atom stereocenters. The lowest BCUT2D eigenvalue weighted by Crippen LogP contribution is -2.23. The van der Waals surface area contributed by atoms with Crippen LogP contribution in [0.15, 0.2) is 34.7 Å². The average Bonchev–Trinajstić information content (AvgIpc) is 3.33. The van der Waals surface area contributed by atoms with Crippen LogP contribution in [0.2, 0.25) is 5.02 Å². The van der Waals surface area contributed by atoms with Gasteiger partial charge in [-0.3, -0.25) is 9.20 Å². The number of halogens is 2. The highest BCUT2D eigenvalue weighted by Gasteiger charge is 2.23. The first-order valence-electron chi connectivity index (χ1n) is 9.52. The molecule has 0 bridgehead atoms. The van der Waals surface area contributed by atoms with E-state index in [-0.39, 0.29) is 22.1 Å². The maximum Gasteiger partial charge on any atom is 0.266 e. The highest BCUT2D eigenvalue weighted by Crippen LogP contribution is 2.31. The highest BCUT2D eigenvalue weighted by molar-refractivity contribution is 7.15. The van der Waals surface area contributed by atoms with Gasteiger partial charge in [0, 0.05) is 16.1 Å². The molecule has 4 N–H and O–H groups in total. The fraction of sp³-hybridized carbons (Fsp3) is 0.150. The number of nitrogens with one attached hydrogen (secondary N) is 2. The van der Waals surface area contributed by atoms with Crippen molar-refractivity contribution in [2.45, 2.75) is 19.9 Å². The molecule has 4 heterocycles. The Balaban J connectivity index is 1.72. The molecule has 5 aromatic rings. The van der Waals surface area contributed by atoms with Gasteiger partial charge in [-0.15, -0.1) is 11.3 Å². The number of imidazole rings is 1. The smallest absolute Gasteiger partial charge is 0.266 e. The minimum atomic E-state index is -0.549. The second-order valence-corrected chi connectivity index (χ2v) is 8.50. The van der Waals surface area contributed by atoms with Crippen molar-refractivity contribution in [3.8, 4) is 11.1 Å². The Bertz CT molecular complexity index is 1540. The van der Waals surface area contributed by atoms with E-state index in [1.807, 2.05) is 19.2 Å². The van der Waals surface area contributed by atoms with Gasteiger partial charge in [-0.1, -0.05) is 11.6 Å². The molecule has 0 saturated heterocycles. The number of nitrogens with zero attached hydrogens (tertiary/aromatic N) is 5. The van der Waals surface area contributed by atoms with Gasteiger partial charge in [-0.25, -0.2) is 14.4 Å². The van der Waals surface area contributed by atoms with Crippen LogP contribution in [-0.4, -0.2) is 29.3 Å². The van der Waals surface area contributed by atoms with Crippen molar-refractivity contribution in [1.29, 1.82) is 0 Å². The van der Waals surface area contributed by atoms with Gasteiger partial charge < -0.3 is 16.0 Å². The summed E-state index contributed by atoms with van der Waals surface area (Å²) in [6.45, 7) is 3.63. The number of fused-ring (bicyclic) bond motifs is 2. The molecule has 0 spiro atoms. The quantitative estimate of drug-likeness (QED) is 0.363. The summed E-state index contributed by atoms with van der Waals surface area (Å²) >= 11 is 7.43. The first-order valence-corrected chi connectivity index (χ1v) is 10.8. The first kappa shape index (κ1) is 20.3. The van der Waals surface area contributed by atoms with Crippen molar-refractivity contribution in [2.24, 2.45) is 0 Å². The Morgan fingerprint density at radius 2 is 2.09 bits per heavy atom. The van der Waals surface area contributed by atoms with E-state index in [4.69, 9.17) is 22.3 Å². The summed E-state index contributed by atoms with van der Waals surface area (Å²) in [4.78, 5) is 34.2. The topological polar surface area (TPSA) is 127 Å². The van der Waals surface area contributed by atoms with Crippen molar-refractivity contribution in [1.82, 2.24) is 29.3 Å². The molecule has 0 fully saturated rings. The molecule has 0 saturated carbocycles. The van der Waals surface area contributed by atoms with E-state index < -0.39 is 11.9 Å². The van der Waals surface area contributed by atoms with Crippen molar-refractivity contribution in [2.75, 3.05) is 11.1 Å². The minimum absolute atomic E-state index is 0.0611. The summed E-state index contributed by atoms with van der Waals surface area (Å²) in [5.74, 6) is -0.104. The molecular weight excluding hydrogens is 455 g/mol. The first-order chi connectivity index (χ1) is 15.3. The van der Waals surface area contributed by atoms with E-state index in [0.717, 1.165) is 5.69 Å². The van der Waals surface area contributed by atoms with Crippen molar-refractivity contribution >= 4 is 50.8 Å². The zero-order valence-corrected chi connectivity index (χ0v) is 18.4. The molecule has 0 aliphatic carbocycles. The van der Waals surface area contributed by atoms with Gasteiger partial charge in [0.1, 0.15) is 11.3 Å². The highest BCUT2D eigenvalue weighted by atomic mass is 35.5. The lowest BCUT2D eigenvalue weighted by atomic mass is 10.0. The Morgan fingerprint density at radius 3 is 2.88 bits per heavy atom. The van der Waals surface area contributed by atoms with Crippen LogP contribution in [0.1, 0.15) is 24.4 Å². The van der Waals surface area contributed by atoms with E-state index >= 15 is 0 Å². The lowest BCUT2D eigenvalue weighted by Gasteiger charge is -2.18. The van der Waals surface area contributed by atoms with Gasteiger partial charge in [0.25, 0.3) is 5.56 Å². The number of benzene rings is 1. The third kappa shape index (κ3) is 3.35. The van der Waals surface area contributed by atoms with Crippen LogP contribution in [0.3, 0.4) is 0 Å². The molecule has 32 heavy (non-hydrogen) atoms. The third-order valence-electron chi connectivity index (χ3n) is 4.98. The second-order valence-electron chi connectivity index (χ2n) is 7.23. The van der Waals surface area contributed by atoms with Gasteiger partial charge in [-0.2, -0.15) is 9.97 Å². The van der Waals surface area contributed by atoms with Crippen molar-refractivity contribution in [3.63, 3.8) is 0 Å². The number of anilines is 2. The number of nitrogen functional groups attached to an aromatic ring is 1. The second kappa shape index (κ2) is 7.53. The summed E-state index contributed by atoms with van der Waals surface area (Å²) in [6.07, 6.45) is 1.49. The van der Waals surface area contributed by atoms with Gasteiger partial charge >= 0.3 is 0 Å². The molecule has 1 atom stereocenters. The number of aromatic nitrogens is 6. The molecule has 5 rings (SSSR count). The number of aromatic amines is 1. The monoisotopic (exact) mass is 470 g/mol. The van der Waals surface area contributed by atoms with Crippen LogP contribution in [0.4, 0.5) is 16.2 Å². The largest absolute Gasteiger partial charge is 0.368 e. The van der Waals surface area contributed by atoms with Crippen LogP contribution in [0.25, 0.3) is 27.3 Å². The zero-order valence-electron chi connectivity index (χ0n) is 16.8. The Labute approximate surface area is 189 Å². The fourth-order valence-corrected chi connectivity index (χ4v) is 4.69. The van der Waals surface area contributed by atoms with E-state index in [2.05, 4.69) is 25.3 Å². The lowest BCUT2D eigenvalue weighted by molar-refractivity contribution is 0.628. The summed E-state index contributed by atoms with van der Waals surface area (Å²) in [5, 5.41) is 5.24. The number of thiazole rings is 1. The van der Waals surface area contributed by atoms with Crippen LogP contribution in [-0.2, 0) is 0 Å². The van der Waals surface area contributed by atoms with Crippen LogP contribution < -0.4 is 16.6 Å². The number of hydrogen-bond donors (Lipinski definition) is 3. The van der Waals surface area contributed by atoms with E-state index in [1.54, 1.807) is 6.07 Å². The summed E-state index contributed by atoms with van der Waals surface area (Å²) < 4.78 is 15.7. The van der Waals surface area contributed by atoms with Crippen LogP contribution in [0.5, 0.6) is 0 Å². The Morgan fingerprint density at radius 1 is 1.28 bits per heavy atom. The molecule has 9 nitrogen and oxygen atoms in total. The summed E-state index contributed by atoms with van der Waals surface area (Å²) in [5.41, 5.74) is 8.20. The van der Waals surface area contributed by atoms with Gasteiger partial charge in [0.05, 0.1) is 23.6 Å². The molecule has 0 radical (unpaired) electrons.